The van der Waals surface area contributed by atoms with Crippen LogP contribution in [0.4, 0.5) is 8.78 Å². The predicted octanol–water partition coefficient (Wildman–Crippen LogP) is 2.54. The van der Waals surface area contributed by atoms with Gasteiger partial charge in [-0.25, -0.2) is 4.79 Å². The van der Waals surface area contributed by atoms with Crippen LogP contribution in [-0.4, -0.2) is 24.3 Å². The zero-order valence-corrected chi connectivity index (χ0v) is 9.29. The standard InChI is InChI=1S/C10H9ClF2O4/c11-7-1-2-8(17-10(12)13)6(3-7)4-16-5-9(14)15/h1-3,10H,4-5H2,(H,14,15). The Bertz CT molecular complexity index is 398. The van der Waals surface area contributed by atoms with Crippen LogP contribution in [0.2, 0.25) is 5.02 Å². The first-order chi connectivity index (χ1) is 7.99. The van der Waals surface area contributed by atoms with Crippen LogP contribution in [0.25, 0.3) is 0 Å². The first-order valence-corrected chi connectivity index (χ1v) is 4.89. The maximum Gasteiger partial charge on any atom is 0.387 e. The Morgan fingerprint density at radius 2 is 2.18 bits per heavy atom. The van der Waals surface area contributed by atoms with Gasteiger partial charge in [-0.1, -0.05) is 11.6 Å². The van der Waals surface area contributed by atoms with Crippen molar-refractivity contribution < 1.29 is 28.2 Å². The number of aliphatic carboxylic acids is 1. The molecule has 1 aromatic rings. The third kappa shape index (κ3) is 4.97. The Morgan fingerprint density at radius 1 is 1.47 bits per heavy atom. The molecule has 94 valence electrons. The maximum absolute atomic E-state index is 12.1. The molecule has 0 aromatic heterocycles. The molecule has 17 heavy (non-hydrogen) atoms. The highest BCUT2D eigenvalue weighted by Crippen LogP contribution is 2.25. The highest BCUT2D eigenvalue weighted by Gasteiger charge is 2.11. The summed E-state index contributed by atoms with van der Waals surface area (Å²) in [4.78, 5) is 10.2. The van der Waals surface area contributed by atoms with Gasteiger partial charge in [0.2, 0.25) is 0 Å². The van der Waals surface area contributed by atoms with Crippen LogP contribution >= 0.6 is 11.6 Å². The number of hydrogen-bond acceptors (Lipinski definition) is 3. The zero-order chi connectivity index (χ0) is 12.8. The summed E-state index contributed by atoms with van der Waals surface area (Å²) in [6.45, 7) is -3.66. The van der Waals surface area contributed by atoms with E-state index in [1.165, 1.54) is 18.2 Å². The molecule has 0 saturated heterocycles. The van der Waals surface area contributed by atoms with Crippen LogP contribution in [-0.2, 0) is 16.1 Å². The van der Waals surface area contributed by atoms with E-state index in [0.29, 0.717) is 5.02 Å². The van der Waals surface area contributed by atoms with Crippen LogP contribution < -0.4 is 4.74 Å². The van der Waals surface area contributed by atoms with Gasteiger partial charge in [-0.3, -0.25) is 0 Å². The summed E-state index contributed by atoms with van der Waals surface area (Å²) in [6.07, 6.45) is 0. The molecule has 0 spiro atoms. The Kier molecular flexibility index (Phi) is 5.11. The molecule has 1 N–H and O–H groups in total. The smallest absolute Gasteiger partial charge is 0.387 e. The third-order valence-corrected chi connectivity index (χ3v) is 1.96. The molecule has 4 nitrogen and oxygen atoms in total. The van der Waals surface area contributed by atoms with Crippen molar-refractivity contribution in [3.63, 3.8) is 0 Å². The molecule has 0 heterocycles. The fraction of sp³-hybridized carbons (Fsp3) is 0.300. The third-order valence-electron chi connectivity index (χ3n) is 1.72. The molecule has 0 amide bonds. The summed E-state index contributed by atoms with van der Waals surface area (Å²) in [5.41, 5.74) is 0.263. The van der Waals surface area contributed by atoms with E-state index < -0.39 is 19.2 Å². The molecule has 0 aliphatic carbocycles. The fourth-order valence-corrected chi connectivity index (χ4v) is 1.31. The van der Waals surface area contributed by atoms with Crippen molar-refractivity contribution in [1.29, 1.82) is 0 Å². The van der Waals surface area contributed by atoms with Crippen molar-refractivity contribution in [3.05, 3.63) is 28.8 Å². The number of carboxylic acid groups (broad SMARTS) is 1. The van der Waals surface area contributed by atoms with Gasteiger partial charge < -0.3 is 14.6 Å². The number of hydrogen-bond donors (Lipinski definition) is 1. The summed E-state index contributed by atoms with van der Waals surface area (Å²) >= 11 is 5.68. The summed E-state index contributed by atoms with van der Waals surface area (Å²) in [6, 6.07) is 4.04. The molecule has 1 aromatic carbocycles. The number of rotatable bonds is 6. The van der Waals surface area contributed by atoms with E-state index in [0.717, 1.165) is 0 Å². The molecule has 0 bridgehead atoms. The van der Waals surface area contributed by atoms with Crippen molar-refractivity contribution in [1.82, 2.24) is 0 Å². The number of carbonyl (C=O) groups is 1. The second-order valence-electron chi connectivity index (χ2n) is 3.02. The highest BCUT2D eigenvalue weighted by molar-refractivity contribution is 6.30. The Hall–Kier alpha value is -1.40. The second kappa shape index (κ2) is 6.36. The average Bonchev–Trinajstić information content (AvgIpc) is 2.21. The lowest BCUT2D eigenvalue weighted by Gasteiger charge is -2.10. The van der Waals surface area contributed by atoms with Gasteiger partial charge in [-0.05, 0) is 18.2 Å². The molecule has 0 saturated carbocycles. The highest BCUT2D eigenvalue weighted by atomic mass is 35.5. The van der Waals surface area contributed by atoms with Crippen LogP contribution in [0.5, 0.6) is 5.75 Å². The van der Waals surface area contributed by atoms with Crippen molar-refractivity contribution in [2.75, 3.05) is 6.61 Å². The molecule has 0 fully saturated rings. The molecule has 0 unspecified atom stereocenters. The lowest BCUT2D eigenvalue weighted by molar-refractivity contribution is -0.142. The minimum absolute atomic E-state index is 0.0882. The summed E-state index contributed by atoms with van der Waals surface area (Å²) in [5.74, 6) is -1.24. The number of benzene rings is 1. The summed E-state index contributed by atoms with van der Waals surface area (Å²) in [5, 5.41) is 8.68. The number of ether oxygens (including phenoxy) is 2. The molecule has 0 aliphatic heterocycles. The van der Waals surface area contributed by atoms with Gasteiger partial charge in [0.15, 0.2) is 0 Å². The number of alkyl halides is 2. The van der Waals surface area contributed by atoms with Crippen molar-refractivity contribution in [2.24, 2.45) is 0 Å². The SMILES string of the molecule is O=C(O)COCc1cc(Cl)ccc1OC(F)F. The predicted molar refractivity (Wildman–Crippen MR) is 55.4 cm³/mol. The number of carboxylic acids is 1. The summed E-state index contributed by atoms with van der Waals surface area (Å²) < 4.78 is 33.1. The lowest BCUT2D eigenvalue weighted by Crippen LogP contribution is -2.09. The van der Waals surface area contributed by atoms with E-state index in [-0.39, 0.29) is 17.9 Å². The Balaban J connectivity index is 2.72. The molecular weight excluding hydrogens is 258 g/mol. The molecule has 7 heteroatoms. The molecule has 1 rings (SSSR count). The Labute approximate surface area is 101 Å². The van der Waals surface area contributed by atoms with Gasteiger partial charge >= 0.3 is 12.6 Å². The van der Waals surface area contributed by atoms with Gasteiger partial charge in [0, 0.05) is 10.6 Å². The van der Waals surface area contributed by atoms with E-state index in [1.54, 1.807) is 0 Å². The van der Waals surface area contributed by atoms with Gasteiger partial charge in [0.05, 0.1) is 6.61 Å². The van der Waals surface area contributed by atoms with Crippen molar-refractivity contribution in [2.45, 2.75) is 13.2 Å². The van der Waals surface area contributed by atoms with E-state index in [1.807, 2.05) is 0 Å². The van der Waals surface area contributed by atoms with Crippen LogP contribution in [0, 0.1) is 0 Å². The quantitative estimate of drug-likeness (QED) is 0.860. The van der Waals surface area contributed by atoms with Crippen LogP contribution in [0.1, 0.15) is 5.56 Å². The van der Waals surface area contributed by atoms with Crippen LogP contribution in [0.3, 0.4) is 0 Å². The topological polar surface area (TPSA) is 55.8 Å². The lowest BCUT2D eigenvalue weighted by atomic mass is 10.2. The first-order valence-electron chi connectivity index (χ1n) is 4.52. The van der Waals surface area contributed by atoms with Crippen molar-refractivity contribution in [3.8, 4) is 5.75 Å². The molecule has 0 atom stereocenters. The van der Waals surface area contributed by atoms with Crippen LogP contribution in [0.15, 0.2) is 18.2 Å². The molecule has 0 radical (unpaired) electrons. The van der Waals surface area contributed by atoms with E-state index in [2.05, 4.69) is 4.74 Å². The monoisotopic (exact) mass is 266 g/mol. The van der Waals surface area contributed by atoms with Gasteiger partial charge in [0.1, 0.15) is 12.4 Å². The summed E-state index contributed by atoms with van der Waals surface area (Å²) in [7, 11) is 0. The minimum Gasteiger partial charge on any atom is -0.480 e. The van der Waals surface area contributed by atoms with Gasteiger partial charge in [-0.15, -0.1) is 0 Å². The minimum atomic E-state index is -2.96. The first kappa shape index (κ1) is 13.7. The second-order valence-corrected chi connectivity index (χ2v) is 3.45. The van der Waals surface area contributed by atoms with Gasteiger partial charge in [0.25, 0.3) is 0 Å². The Morgan fingerprint density at radius 3 is 2.76 bits per heavy atom. The number of halogens is 3. The normalized spacial score (nSPS) is 10.6. The van der Waals surface area contributed by atoms with E-state index in [4.69, 9.17) is 21.4 Å². The average molecular weight is 267 g/mol. The van der Waals surface area contributed by atoms with Gasteiger partial charge in [-0.2, -0.15) is 8.78 Å². The largest absolute Gasteiger partial charge is 0.480 e. The zero-order valence-electron chi connectivity index (χ0n) is 8.53. The molecular formula is C10H9ClF2O4. The van der Waals surface area contributed by atoms with Crippen molar-refractivity contribution >= 4 is 17.6 Å². The molecule has 0 aliphatic rings. The van der Waals surface area contributed by atoms with E-state index in [9.17, 15) is 13.6 Å². The maximum atomic E-state index is 12.1. The van der Waals surface area contributed by atoms with E-state index >= 15 is 0 Å². The fourth-order valence-electron chi connectivity index (χ4n) is 1.12.